The van der Waals surface area contributed by atoms with Crippen LogP contribution in [0.2, 0.25) is 0 Å². The highest BCUT2D eigenvalue weighted by molar-refractivity contribution is 7.09. The van der Waals surface area contributed by atoms with Gasteiger partial charge in [-0.15, -0.1) is 11.3 Å². The third-order valence-electron chi connectivity index (χ3n) is 3.19. The number of carbonyl (C=O) groups is 1. The van der Waals surface area contributed by atoms with Crippen molar-refractivity contribution in [2.75, 3.05) is 6.54 Å². The van der Waals surface area contributed by atoms with Gasteiger partial charge in [-0.05, 0) is 25.8 Å². The molecule has 1 amide bonds. The first-order valence-corrected chi connectivity index (χ1v) is 6.55. The van der Waals surface area contributed by atoms with Gasteiger partial charge in [-0.1, -0.05) is 6.92 Å². The Balaban J connectivity index is 1.91. The predicted octanol–water partition coefficient (Wildman–Crippen LogP) is 1.29. The molecule has 1 atom stereocenters. The molecule has 1 aromatic heterocycles. The van der Waals surface area contributed by atoms with E-state index in [1.165, 1.54) is 0 Å². The molecular weight excluding hydrogens is 222 g/mol. The Labute approximate surface area is 99.5 Å². The lowest BCUT2D eigenvalue weighted by atomic mass is 9.93. The van der Waals surface area contributed by atoms with Crippen molar-refractivity contribution in [3.05, 3.63) is 16.6 Å². The van der Waals surface area contributed by atoms with Gasteiger partial charge in [0.05, 0.1) is 17.6 Å². The average Bonchev–Trinajstić information content (AvgIpc) is 2.97. The molecule has 0 radical (unpaired) electrons. The molecule has 1 aliphatic rings. The Morgan fingerprint density at radius 1 is 1.75 bits per heavy atom. The van der Waals surface area contributed by atoms with Crippen molar-refractivity contribution in [2.45, 2.75) is 38.3 Å². The first kappa shape index (κ1) is 11.5. The summed E-state index contributed by atoms with van der Waals surface area (Å²) in [6.07, 6.45) is 4.67. The molecule has 2 rings (SSSR count). The maximum atomic E-state index is 12.1. The van der Waals surface area contributed by atoms with E-state index in [0.29, 0.717) is 6.54 Å². The molecule has 0 aromatic carbocycles. The number of hydrogen-bond acceptors (Lipinski definition) is 4. The van der Waals surface area contributed by atoms with E-state index in [1.807, 2.05) is 0 Å². The summed E-state index contributed by atoms with van der Waals surface area (Å²) in [7, 11) is 0. The zero-order valence-electron chi connectivity index (χ0n) is 9.45. The first-order valence-electron chi connectivity index (χ1n) is 5.67. The zero-order chi connectivity index (χ0) is 11.4. The van der Waals surface area contributed by atoms with E-state index in [0.717, 1.165) is 30.7 Å². The maximum Gasteiger partial charge on any atom is 0.240 e. The van der Waals surface area contributed by atoms with E-state index < -0.39 is 0 Å². The summed E-state index contributed by atoms with van der Waals surface area (Å²) >= 11 is 1.57. The number of amides is 1. The number of carbonyl (C=O) groups excluding carboxylic acids is 1. The molecule has 2 heterocycles. The fourth-order valence-electron chi connectivity index (χ4n) is 2.13. The van der Waals surface area contributed by atoms with E-state index in [1.54, 1.807) is 23.0 Å². The van der Waals surface area contributed by atoms with Crippen LogP contribution in [-0.4, -0.2) is 23.0 Å². The Hall–Kier alpha value is -0.940. The third-order valence-corrected chi connectivity index (χ3v) is 3.97. The fraction of sp³-hybridized carbons (Fsp3) is 0.636. The van der Waals surface area contributed by atoms with Crippen LogP contribution in [0.5, 0.6) is 0 Å². The molecule has 1 aliphatic heterocycles. The molecule has 1 fully saturated rings. The van der Waals surface area contributed by atoms with Gasteiger partial charge in [0.15, 0.2) is 0 Å². The van der Waals surface area contributed by atoms with Crippen LogP contribution >= 0.6 is 11.3 Å². The molecule has 1 saturated heterocycles. The first-order chi connectivity index (χ1) is 7.77. The molecule has 0 aliphatic carbocycles. The van der Waals surface area contributed by atoms with Crippen molar-refractivity contribution in [2.24, 2.45) is 0 Å². The monoisotopic (exact) mass is 239 g/mol. The molecular formula is C11H17N3OS. The maximum absolute atomic E-state index is 12.1. The normalized spacial score (nSPS) is 24.6. The number of nitrogens with one attached hydrogen (secondary N) is 2. The summed E-state index contributed by atoms with van der Waals surface area (Å²) in [6.45, 7) is 3.60. The number of hydrogen-bond donors (Lipinski definition) is 2. The highest BCUT2D eigenvalue weighted by Gasteiger charge is 2.38. The van der Waals surface area contributed by atoms with Gasteiger partial charge in [0.1, 0.15) is 0 Å². The van der Waals surface area contributed by atoms with Gasteiger partial charge in [-0.3, -0.25) is 9.78 Å². The van der Waals surface area contributed by atoms with Crippen LogP contribution in [0, 0.1) is 0 Å². The van der Waals surface area contributed by atoms with Crippen molar-refractivity contribution in [3.63, 3.8) is 0 Å². The summed E-state index contributed by atoms with van der Waals surface area (Å²) in [6, 6.07) is 0. The van der Waals surface area contributed by atoms with E-state index in [4.69, 9.17) is 0 Å². The lowest BCUT2D eigenvalue weighted by molar-refractivity contribution is -0.127. The summed E-state index contributed by atoms with van der Waals surface area (Å²) < 4.78 is 0. The summed E-state index contributed by atoms with van der Waals surface area (Å²) in [5, 5.41) is 6.31. The van der Waals surface area contributed by atoms with Crippen molar-refractivity contribution in [1.29, 1.82) is 0 Å². The second kappa shape index (κ2) is 4.93. The van der Waals surface area contributed by atoms with Crippen LogP contribution in [0.15, 0.2) is 11.7 Å². The number of aromatic nitrogens is 1. The minimum absolute atomic E-state index is 0.126. The molecule has 1 aromatic rings. The lowest BCUT2D eigenvalue weighted by Gasteiger charge is -2.26. The smallest absolute Gasteiger partial charge is 0.240 e. The van der Waals surface area contributed by atoms with E-state index in [2.05, 4.69) is 22.5 Å². The zero-order valence-corrected chi connectivity index (χ0v) is 10.3. The van der Waals surface area contributed by atoms with Crippen LogP contribution in [0.25, 0.3) is 0 Å². The van der Waals surface area contributed by atoms with Crippen molar-refractivity contribution >= 4 is 17.2 Å². The molecule has 16 heavy (non-hydrogen) atoms. The third kappa shape index (κ3) is 2.25. The van der Waals surface area contributed by atoms with Gasteiger partial charge >= 0.3 is 0 Å². The lowest BCUT2D eigenvalue weighted by Crippen LogP contribution is -2.52. The van der Waals surface area contributed by atoms with Crippen LogP contribution in [0.4, 0.5) is 0 Å². The Kier molecular flexibility index (Phi) is 3.56. The Morgan fingerprint density at radius 3 is 3.19 bits per heavy atom. The highest BCUT2D eigenvalue weighted by atomic mass is 32.1. The van der Waals surface area contributed by atoms with Gasteiger partial charge < -0.3 is 10.6 Å². The summed E-state index contributed by atoms with van der Waals surface area (Å²) in [4.78, 5) is 17.2. The number of thiazole rings is 1. The van der Waals surface area contributed by atoms with Crippen LogP contribution in [0.3, 0.4) is 0 Å². The summed E-state index contributed by atoms with van der Waals surface area (Å²) in [5.41, 5.74) is 1.45. The van der Waals surface area contributed by atoms with Crippen LogP contribution in [0.1, 0.15) is 31.1 Å². The van der Waals surface area contributed by atoms with Gasteiger partial charge in [-0.2, -0.15) is 0 Å². The van der Waals surface area contributed by atoms with Gasteiger partial charge in [0, 0.05) is 11.1 Å². The van der Waals surface area contributed by atoms with Crippen molar-refractivity contribution in [1.82, 2.24) is 15.6 Å². The van der Waals surface area contributed by atoms with Crippen LogP contribution < -0.4 is 10.6 Å². The molecule has 0 spiro atoms. The van der Waals surface area contributed by atoms with E-state index in [-0.39, 0.29) is 11.4 Å². The molecule has 0 saturated carbocycles. The van der Waals surface area contributed by atoms with E-state index >= 15 is 0 Å². The standard InChI is InChI=1S/C11H17N3OS/c1-2-11(4-3-5-14-11)10(15)13-7-9-6-12-8-16-9/h6,8,14H,2-5,7H2,1H3,(H,13,15). The molecule has 0 bridgehead atoms. The predicted molar refractivity (Wildman–Crippen MR) is 64.2 cm³/mol. The Bertz CT molecular complexity index is 344. The Morgan fingerprint density at radius 2 is 2.62 bits per heavy atom. The SMILES string of the molecule is CCC1(C(=O)NCc2cncs2)CCCN1. The number of rotatable bonds is 4. The minimum atomic E-state index is -0.329. The van der Waals surface area contributed by atoms with Gasteiger partial charge in [0.25, 0.3) is 0 Å². The van der Waals surface area contributed by atoms with Gasteiger partial charge in [-0.25, -0.2) is 0 Å². The van der Waals surface area contributed by atoms with E-state index in [9.17, 15) is 4.79 Å². The largest absolute Gasteiger partial charge is 0.350 e. The fourth-order valence-corrected chi connectivity index (χ4v) is 2.66. The number of nitrogens with zero attached hydrogens (tertiary/aromatic N) is 1. The van der Waals surface area contributed by atoms with Crippen molar-refractivity contribution < 1.29 is 4.79 Å². The van der Waals surface area contributed by atoms with Gasteiger partial charge in [0.2, 0.25) is 5.91 Å². The molecule has 1 unspecified atom stereocenters. The topological polar surface area (TPSA) is 54.0 Å². The molecule has 2 N–H and O–H groups in total. The van der Waals surface area contributed by atoms with Crippen molar-refractivity contribution in [3.8, 4) is 0 Å². The highest BCUT2D eigenvalue weighted by Crippen LogP contribution is 2.23. The quantitative estimate of drug-likeness (QED) is 0.832. The average molecular weight is 239 g/mol. The second-order valence-corrected chi connectivity index (χ2v) is 5.09. The molecule has 4 nitrogen and oxygen atoms in total. The molecule has 5 heteroatoms. The second-order valence-electron chi connectivity index (χ2n) is 4.12. The van der Waals surface area contributed by atoms with Crippen LogP contribution in [-0.2, 0) is 11.3 Å². The summed E-state index contributed by atoms with van der Waals surface area (Å²) in [5.74, 6) is 0.126. The molecule has 88 valence electrons. The minimum Gasteiger partial charge on any atom is -0.350 e.